The van der Waals surface area contributed by atoms with Gasteiger partial charge < -0.3 is 14.6 Å². The van der Waals surface area contributed by atoms with Gasteiger partial charge in [-0.2, -0.15) is 0 Å². The molecule has 2 heterocycles. The summed E-state index contributed by atoms with van der Waals surface area (Å²) < 4.78 is 10.4. The van der Waals surface area contributed by atoms with E-state index in [0.29, 0.717) is 37.3 Å². The number of carboxylic acid groups (broad SMARTS) is 1. The van der Waals surface area contributed by atoms with Crippen molar-refractivity contribution in [2.24, 2.45) is 11.3 Å². The van der Waals surface area contributed by atoms with Crippen LogP contribution in [0.5, 0.6) is 0 Å². The number of carbonyl (C=O) groups excluding carboxylic acids is 1. The Morgan fingerprint density at radius 2 is 1.84 bits per heavy atom. The van der Waals surface area contributed by atoms with E-state index >= 15 is 0 Å². The van der Waals surface area contributed by atoms with Crippen LogP contribution in [-0.4, -0.2) is 42.0 Å². The van der Waals surface area contributed by atoms with Gasteiger partial charge in [-0.05, 0) is 55.2 Å². The van der Waals surface area contributed by atoms with Crippen LogP contribution in [0.25, 0.3) is 11.3 Å². The fraction of sp³-hybridized carbons (Fsp3) is 0.480. The van der Waals surface area contributed by atoms with Gasteiger partial charge in [0.25, 0.3) is 0 Å². The maximum absolute atomic E-state index is 12.0. The molecule has 1 aromatic carbocycles. The SMILES string of the molecule is CC1(COC(=O)Nc2ccc(-c3ccc(C4CCC(CC(=O)O)CC4)cc3)nc2)COC1. The van der Waals surface area contributed by atoms with Crippen LogP contribution in [0.15, 0.2) is 42.6 Å². The second kappa shape index (κ2) is 9.69. The highest BCUT2D eigenvalue weighted by atomic mass is 16.6. The molecule has 0 bridgehead atoms. The third-order valence-corrected chi connectivity index (χ3v) is 6.45. The van der Waals surface area contributed by atoms with Gasteiger partial charge in [0, 0.05) is 17.4 Å². The van der Waals surface area contributed by atoms with Crippen molar-refractivity contribution < 1.29 is 24.2 Å². The molecule has 1 saturated carbocycles. The monoisotopic (exact) mass is 438 g/mol. The van der Waals surface area contributed by atoms with E-state index in [0.717, 1.165) is 36.9 Å². The molecular formula is C25H30N2O5. The molecule has 0 radical (unpaired) electrons. The average molecular weight is 439 g/mol. The second-order valence-electron chi connectivity index (χ2n) is 9.37. The number of carbonyl (C=O) groups is 2. The van der Waals surface area contributed by atoms with Crippen LogP contribution in [0.2, 0.25) is 0 Å². The lowest BCUT2D eigenvalue weighted by atomic mass is 9.77. The molecule has 7 nitrogen and oxygen atoms in total. The lowest BCUT2D eigenvalue weighted by Gasteiger charge is -2.37. The lowest BCUT2D eigenvalue weighted by molar-refractivity contribution is -0.138. The van der Waals surface area contributed by atoms with Crippen LogP contribution in [0.3, 0.4) is 0 Å². The minimum absolute atomic E-state index is 0.0799. The zero-order valence-corrected chi connectivity index (χ0v) is 18.4. The molecule has 2 fully saturated rings. The molecule has 2 aromatic rings. The van der Waals surface area contributed by atoms with Gasteiger partial charge in [-0.25, -0.2) is 4.79 Å². The first-order valence-corrected chi connectivity index (χ1v) is 11.2. The van der Waals surface area contributed by atoms with Crippen molar-refractivity contribution in [3.63, 3.8) is 0 Å². The normalized spacial score (nSPS) is 21.9. The minimum Gasteiger partial charge on any atom is -0.481 e. The number of nitrogens with one attached hydrogen (secondary N) is 1. The third kappa shape index (κ3) is 5.65. The Hall–Kier alpha value is -2.93. The number of hydrogen-bond donors (Lipinski definition) is 2. The first kappa shape index (κ1) is 22.3. The average Bonchev–Trinajstić information content (AvgIpc) is 2.77. The summed E-state index contributed by atoms with van der Waals surface area (Å²) >= 11 is 0. The highest BCUT2D eigenvalue weighted by Gasteiger charge is 2.34. The van der Waals surface area contributed by atoms with Crippen LogP contribution >= 0.6 is 0 Å². The molecule has 1 aliphatic carbocycles. The number of pyridine rings is 1. The van der Waals surface area contributed by atoms with Crippen molar-refractivity contribution in [3.8, 4) is 11.3 Å². The van der Waals surface area contributed by atoms with Crippen molar-refractivity contribution in [2.75, 3.05) is 25.1 Å². The van der Waals surface area contributed by atoms with E-state index in [2.05, 4.69) is 34.6 Å². The van der Waals surface area contributed by atoms with Crippen molar-refractivity contribution >= 4 is 17.7 Å². The van der Waals surface area contributed by atoms with Gasteiger partial charge in [0.15, 0.2) is 0 Å². The predicted octanol–water partition coefficient (Wildman–Crippen LogP) is 5.08. The van der Waals surface area contributed by atoms with Gasteiger partial charge in [-0.15, -0.1) is 0 Å². The van der Waals surface area contributed by atoms with Gasteiger partial charge >= 0.3 is 12.1 Å². The minimum atomic E-state index is -0.693. The van der Waals surface area contributed by atoms with Crippen LogP contribution in [-0.2, 0) is 14.3 Å². The molecular weight excluding hydrogens is 408 g/mol. The quantitative estimate of drug-likeness (QED) is 0.625. The Morgan fingerprint density at radius 1 is 1.12 bits per heavy atom. The summed E-state index contributed by atoms with van der Waals surface area (Å²) in [5, 5.41) is 11.7. The number of aromatic nitrogens is 1. The number of benzene rings is 1. The molecule has 32 heavy (non-hydrogen) atoms. The third-order valence-electron chi connectivity index (χ3n) is 6.45. The number of rotatable bonds is 7. The number of aliphatic carboxylic acids is 1. The largest absolute Gasteiger partial charge is 0.481 e. The van der Waals surface area contributed by atoms with Gasteiger partial charge in [-0.1, -0.05) is 31.2 Å². The van der Waals surface area contributed by atoms with Gasteiger partial charge in [0.1, 0.15) is 6.61 Å². The Kier molecular flexibility index (Phi) is 6.74. The van der Waals surface area contributed by atoms with Crippen molar-refractivity contribution in [1.29, 1.82) is 0 Å². The fourth-order valence-corrected chi connectivity index (χ4v) is 4.44. The molecule has 1 aliphatic heterocycles. The molecule has 170 valence electrons. The molecule has 7 heteroatoms. The standard InChI is InChI=1S/C25H30N2O5/c1-25(14-31-15-25)16-32-24(30)27-21-10-11-22(26-13-21)20-8-6-19(7-9-20)18-4-2-17(3-5-18)12-23(28)29/h6-11,13,17-18H,2-5,12,14-16H2,1H3,(H,27,30)(H,28,29). The molecule has 1 amide bonds. The Balaban J connectivity index is 1.28. The Morgan fingerprint density at radius 3 is 2.41 bits per heavy atom. The summed E-state index contributed by atoms with van der Waals surface area (Å²) in [4.78, 5) is 27.4. The van der Waals surface area contributed by atoms with E-state index in [4.69, 9.17) is 14.6 Å². The van der Waals surface area contributed by atoms with E-state index in [9.17, 15) is 9.59 Å². The first-order valence-electron chi connectivity index (χ1n) is 11.2. The highest BCUT2D eigenvalue weighted by molar-refractivity contribution is 5.84. The highest BCUT2D eigenvalue weighted by Crippen LogP contribution is 2.37. The Bertz CT molecular complexity index is 930. The number of anilines is 1. The van der Waals surface area contributed by atoms with Crippen molar-refractivity contribution in [3.05, 3.63) is 48.2 Å². The predicted molar refractivity (Wildman–Crippen MR) is 121 cm³/mol. The van der Waals surface area contributed by atoms with Crippen LogP contribution in [0, 0.1) is 11.3 Å². The van der Waals surface area contributed by atoms with E-state index in [1.54, 1.807) is 6.20 Å². The van der Waals surface area contributed by atoms with Crippen LogP contribution in [0.4, 0.5) is 10.5 Å². The number of amides is 1. The molecule has 1 saturated heterocycles. The van der Waals surface area contributed by atoms with Gasteiger partial charge in [-0.3, -0.25) is 15.1 Å². The summed E-state index contributed by atoms with van der Waals surface area (Å²) in [7, 11) is 0. The van der Waals surface area contributed by atoms with E-state index in [1.807, 2.05) is 19.1 Å². The number of nitrogens with zero attached hydrogens (tertiary/aromatic N) is 1. The smallest absolute Gasteiger partial charge is 0.411 e. The maximum atomic E-state index is 12.0. The number of carboxylic acids is 1. The molecule has 4 rings (SSSR count). The second-order valence-corrected chi connectivity index (χ2v) is 9.37. The maximum Gasteiger partial charge on any atom is 0.411 e. The Labute approximate surface area is 188 Å². The molecule has 2 aliphatic rings. The topological polar surface area (TPSA) is 97.8 Å². The van der Waals surface area contributed by atoms with E-state index in [1.165, 1.54) is 5.56 Å². The summed E-state index contributed by atoms with van der Waals surface area (Å²) in [6.45, 7) is 3.58. The zero-order chi connectivity index (χ0) is 22.6. The first-order chi connectivity index (χ1) is 15.4. The van der Waals surface area contributed by atoms with Crippen LogP contribution < -0.4 is 5.32 Å². The number of hydrogen-bond acceptors (Lipinski definition) is 5. The molecule has 1 aromatic heterocycles. The molecule has 0 atom stereocenters. The van der Waals surface area contributed by atoms with Gasteiger partial charge in [0.05, 0.1) is 30.8 Å². The molecule has 0 spiro atoms. The summed E-state index contributed by atoms with van der Waals surface area (Å²) in [6.07, 6.45) is 5.46. The summed E-state index contributed by atoms with van der Waals surface area (Å²) in [6, 6.07) is 12.1. The van der Waals surface area contributed by atoms with E-state index < -0.39 is 12.1 Å². The van der Waals surface area contributed by atoms with E-state index in [-0.39, 0.29) is 11.8 Å². The number of ether oxygens (including phenoxy) is 2. The fourth-order valence-electron chi connectivity index (χ4n) is 4.44. The zero-order valence-electron chi connectivity index (χ0n) is 18.4. The van der Waals surface area contributed by atoms with Crippen molar-refractivity contribution in [2.45, 2.75) is 44.9 Å². The van der Waals surface area contributed by atoms with Crippen molar-refractivity contribution in [1.82, 2.24) is 4.98 Å². The van der Waals surface area contributed by atoms with Gasteiger partial charge in [0.2, 0.25) is 0 Å². The molecule has 0 unspecified atom stereocenters. The summed E-state index contributed by atoms with van der Waals surface area (Å²) in [5.41, 5.74) is 3.65. The molecule has 2 N–H and O–H groups in total. The van der Waals surface area contributed by atoms with Crippen LogP contribution in [0.1, 0.15) is 50.5 Å². The summed E-state index contributed by atoms with van der Waals surface area (Å²) in [5.74, 6) is 0.113. The lowest BCUT2D eigenvalue weighted by Crippen LogP contribution is -2.44.